The van der Waals surface area contributed by atoms with Gasteiger partial charge in [0.15, 0.2) is 0 Å². The van der Waals surface area contributed by atoms with Crippen LogP contribution in [-0.2, 0) is 10.0 Å². The Kier molecular flexibility index (Phi) is 6.53. The van der Waals surface area contributed by atoms with Gasteiger partial charge >= 0.3 is 0 Å². The van der Waals surface area contributed by atoms with Crippen LogP contribution in [0.2, 0.25) is 0 Å². The van der Waals surface area contributed by atoms with E-state index in [2.05, 4.69) is 10.3 Å². The third-order valence-corrected chi connectivity index (χ3v) is 8.35. The summed E-state index contributed by atoms with van der Waals surface area (Å²) < 4.78 is 61.8. The van der Waals surface area contributed by atoms with Crippen molar-refractivity contribution < 1.29 is 26.4 Å². The average Bonchev–Trinajstić information content (AvgIpc) is 3.57. The number of aromatic nitrogens is 2. The lowest BCUT2D eigenvalue weighted by Gasteiger charge is -2.21. The molecule has 0 aliphatic heterocycles. The Morgan fingerprint density at radius 3 is 2.17 bits per heavy atom. The van der Waals surface area contributed by atoms with Crippen LogP contribution in [0, 0.1) is 11.6 Å². The topological polar surface area (TPSA) is 96.9 Å². The molecule has 42 heavy (non-hydrogen) atoms. The van der Waals surface area contributed by atoms with E-state index in [1.54, 1.807) is 42.6 Å². The Hall–Kier alpha value is -5.03. The van der Waals surface area contributed by atoms with Gasteiger partial charge in [-0.3, -0.25) is 13.5 Å². The van der Waals surface area contributed by atoms with E-state index in [-0.39, 0.29) is 22.7 Å². The zero-order valence-electron chi connectivity index (χ0n) is 22.7. The zero-order chi connectivity index (χ0) is 29.8. The standard InChI is InChI=1S/C31H24F2N4O4S/c1-34-31(38)29-24-14-23(20-8-13-28-35-16-26(37(28)17-20)18-4-9-21(32)10-5-18)25(36(2)42(3,39)40)15-27(24)41-30(29)19-6-11-22(33)12-7-19/h4-17H,1-3H3,(H,34,38). The average molecular weight is 587 g/mol. The van der Waals surface area contributed by atoms with Gasteiger partial charge in [-0.25, -0.2) is 22.2 Å². The van der Waals surface area contributed by atoms with Crippen molar-refractivity contribution in [2.45, 2.75) is 0 Å². The molecule has 0 unspecified atom stereocenters. The molecule has 0 fully saturated rings. The van der Waals surface area contributed by atoms with Crippen LogP contribution in [-0.4, -0.2) is 44.1 Å². The molecule has 0 spiro atoms. The van der Waals surface area contributed by atoms with Crippen molar-refractivity contribution in [2.24, 2.45) is 0 Å². The van der Waals surface area contributed by atoms with E-state index < -0.39 is 21.7 Å². The van der Waals surface area contributed by atoms with Crippen molar-refractivity contribution in [3.8, 4) is 33.7 Å². The van der Waals surface area contributed by atoms with Gasteiger partial charge in [-0.2, -0.15) is 0 Å². The largest absolute Gasteiger partial charge is 0.455 e. The normalized spacial score (nSPS) is 11.7. The summed E-state index contributed by atoms with van der Waals surface area (Å²) in [5.41, 5.74) is 4.51. The molecular weight excluding hydrogens is 562 g/mol. The van der Waals surface area contributed by atoms with Crippen molar-refractivity contribution in [3.63, 3.8) is 0 Å². The van der Waals surface area contributed by atoms with Crippen LogP contribution in [0.15, 0.2) is 89.6 Å². The lowest BCUT2D eigenvalue weighted by molar-refractivity contribution is 0.0964. The minimum atomic E-state index is -3.71. The fourth-order valence-electron chi connectivity index (χ4n) is 4.93. The minimum Gasteiger partial charge on any atom is -0.455 e. The summed E-state index contributed by atoms with van der Waals surface area (Å²) in [5, 5.41) is 3.08. The molecule has 3 heterocycles. The number of pyridine rings is 1. The Balaban J connectivity index is 1.63. The fraction of sp³-hybridized carbons (Fsp3) is 0.0968. The number of carbonyl (C=O) groups excluding carboxylic acids is 1. The highest BCUT2D eigenvalue weighted by Gasteiger charge is 2.26. The van der Waals surface area contributed by atoms with Crippen LogP contribution in [0.5, 0.6) is 0 Å². The van der Waals surface area contributed by atoms with E-state index in [4.69, 9.17) is 4.42 Å². The number of sulfonamides is 1. The maximum absolute atomic E-state index is 13.7. The molecule has 0 radical (unpaired) electrons. The number of hydrogen-bond donors (Lipinski definition) is 1. The molecule has 212 valence electrons. The first-order valence-electron chi connectivity index (χ1n) is 12.8. The summed E-state index contributed by atoms with van der Waals surface area (Å²) in [6, 6.07) is 18.5. The molecule has 0 saturated heterocycles. The van der Waals surface area contributed by atoms with E-state index in [0.717, 1.165) is 16.1 Å². The summed E-state index contributed by atoms with van der Waals surface area (Å²) in [6.45, 7) is 0. The third-order valence-electron chi connectivity index (χ3n) is 7.16. The van der Waals surface area contributed by atoms with Crippen molar-refractivity contribution in [1.82, 2.24) is 14.7 Å². The van der Waals surface area contributed by atoms with Gasteiger partial charge in [-0.15, -0.1) is 0 Å². The molecule has 6 aromatic rings. The molecule has 0 bridgehead atoms. The summed E-state index contributed by atoms with van der Waals surface area (Å²) in [6.07, 6.45) is 4.57. The summed E-state index contributed by atoms with van der Waals surface area (Å²) >= 11 is 0. The number of halogens is 2. The van der Waals surface area contributed by atoms with Crippen LogP contribution < -0.4 is 9.62 Å². The van der Waals surface area contributed by atoms with Gasteiger partial charge in [0.2, 0.25) is 10.0 Å². The van der Waals surface area contributed by atoms with Crippen molar-refractivity contribution in [2.75, 3.05) is 24.7 Å². The molecule has 6 rings (SSSR count). The number of nitrogens with zero attached hydrogens (tertiary/aromatic N) is 3. The Morgan fingerprint density at radius 2 is 1.55 bits per heavy atom. The van der Waals surface area contributed by atoms with Gasteiger partial charge < -0.3 is 9.73 Å². The van der Waals surface area contributed by atoms with Gasteiger partial charge in [-0.1, -0.05) is 0 Å². The maximum atomic E-state index is 13.7. The summed E-state index contributed by atoms with van der Waals surface area (Å²) in [7, 11) is -0.781. The number of carbonyl (C=O) groups is 1. The molecule has 11 heteroatoms. The van der Waals surface area contributed by atoms with E-state index >= 15 is 0 Å². The van der Waals surface area contributed by atoms with Gasteiger partial charge in [0.05, 0.1) is 29.4 Å². The van der Waals surface area contributed by atoms with Crippen molar-refractivity contribution >= 4 is 38.2 Å². The van der Waals surface area contributed by atoms with Crippen LogP contribution in [0.4, 0.5) is 14.5 Å². The molecule has 0 aliphatic carbocycles. The second-order valence-electron chi connectivity index (χ2n) is 9.78. The minimum absolute atomic E-state index is 0.220. The number of amides is 1. The SMILES string of the molecule is CNC(=O)c1c(-c2ccc(F)cc2)oc2cc(N(C)S(C)(=O)=O)c(-c3ccc4ncc(-c5ccc(F)cc5)n4c3)cc12. The molecule has 1 amide bonds. The molecule has 1 N–H and O–H groups in total. The molecule has 3 aromatic carbocycles. The molecule has 8 nitrogen and oxygen atoms in total. The molecular formula is C31H24F2N4O4S. The predicted molar refractivity (Wildman–Crippen MR) is 158 cm³/mol. The molecule has 0 saturated carbocycles. The Bertz CT molecular complexity index is 2100. The number of furan rings is 1. The number of benzene rings is 3. The monoisotopic (exact) mass is 586 g/mol. The van der Waals surface area contributed by atoms with Gasteiger partial charge in [0.25, 0.3) is 5.91 Å². The lowest BCUT2D eigenvalue weighted by atomic mass is 9.99. The fourth-order valence-corrected chi connectivity index (χ4v) is 5.44. The van der Waals surface area contributed by atoms with Gasteiger partial charge in [-0.05, 0) is 66.7 Å². The maximum Gasteiger partial charge on any atom is 0.255 e. The summed E-state index contributed by atoms with van der Waals surface area (Å²) in [5.74, 6) is -1.00. The Morgan fingerprint density at radius 1 is 0.929 bits per heavy atom. The lowest BCUT2D eigenvalue weighted by Crippen LogP contribution is -2.25. The van der Waals surface area contributed by atoms with Crippen LogP contribution >= 0.6 is 0 Å². The van der Waals surface area contributed by atoms with E-state index in [1.165, 1.54) is 50.5 Å². The van der Waals surface area contributed by atoms with Crippen molar-refractivity contribution in [3.05, 3.63) is 102 Å². The second kappa shape index (κ2) is 10.1. The first-order valence-corrected chi connectivity index (χ1v) is 14.7. The molecule has 0 aliphatic rings. The smallest absolute Gasteiger partial charge is 0.255 e. The second-order valence-corrected chi connectivity index (χ2v) is 11.8. The zero-order valence-corrected chi connectivity index (χ0v) is 23.5. The van der Waals surface area contributed by atoms with E-state index in [9.17, 15) is 22.0 Å². The third kappa shape index (κ3) is 4.67. The van der Waals surface area contributed by atoms with E-state index in [1.807, 2.05) is 10.6 Å². The highest BCUT2D eigenvalue weighted by atomic mass is 32.2. The molecule has 0 atom stereocenters. The highest BCUT2D eigenvalue weighted by molar-refractivity contribution is 7.92. The van der Waals surface area contributed by atoms with Crippen molar-refractivity contribution in [1.29, 1.82) is 0 Å². The number of rotatable bonds is 6. The predicted octanol–water partition coefficient (Wildman–Crippen LogP) is 6.12. The number of imidazole rings is 1. The quantitative estimate of drug-likeness (QED) is 0.254. The Labute approximate surface area is 239 Å². The number of nitrogens with one attached hydrogen (secondary N) is 1. The first-order chi connectivity index (χ1) is 20.0. The van der Waals surface area contributed by atoms with Gasteiger partial charge in [0.1, 0.15) is 28.6 Å². The van der Waals surface area contributed by atoms with Crippen LogP contribution in [0.3, 0.4) is 0 Å². The summed E-state index contributed by atoms with van der Waals surface area (Å²) in [4.78, 5) is 17.6. The number of fused-ring (bicyclic) bond motifs is 2. The first kappa shape index (κ1) is 27.2. The van der Waals surface area contributed by atoms with Gasteiger partial charge in [0, 0.05) is 54.0 Å². The number of anilines is 1. The highest BCUT2D eigenvalue weighted by Crippen LogP contribution is 2.41. The molecule has 3 aromatic heterocycles. The van der Waals surface area contributed by atoms with Crippen LogP contribution in [0.1, 0.15) is 10.4 Å². The van der Waals surface area contributed by atoms with Crippen LogP contribution in [0.25, 0.3) is 50.3 Å². The number of hydrogen-bond acceptors (Lipinski definition) is 5. The van der Waals surface area contributed by atoms with E-state index in [0.29, 0.717) is 39.1 Å².